The minimum absolute atomic E-state index is 0.0117. The molecule has 4 nitrogen and oxygen atoms in total. The van der Waals surface area contributed by atoms with Crippen molar-refractivity contribution in [1.29, 1.82) is 0 Å². The van der Waals surface area contributed by atoms with E-state index in [9.17, 15) is 4.79 Å². The summed E-state index contributed by atoms with van der Waals surface area (Å²) in [4.78, 5) is 17.2. The van der Waals surface area contributed by atoms with Crippen molar-refractivity contribution >= 4 is 6.03 Å². The molecule has 1 fully saturated rings. The molecule has 1 aliphatic heterocycles. The molecule has 1 atom stereocenters. The Kier molecular flexibility index (Phi) is 5.96. The van der Waals surface area contributed by atoms with Crippen molar-refractivity contribution in [2.24, 2.45) is 0 Å². The fraction of sp³-hybridized carbons (Fsp3) is 0.458. The Morgan fingerprint density at radius 2 is 1.75 bits per heavy atom. The van der Waals surface area contributed by atoms with Crippen molar-refractivity contribution in [3.05, 3.63) is 70.8 Å². The van der Waals surface area contributed by atoms with Gasteiger partial charge in [0.15, 0.2) is 0 Å². The number of hydrogen-bond donors (Lipinski definition) is 1. The van der Waals surface area contributed by atoms with Gasteiger partial charge in [0.25, 0.3) is 0 Å². The maximum Gasteiger partial charge on any atom is 0.317 e. The Morgan fingerprint density at radius 1 is 1.04 bits per heavy atom. The van der Waals surface area contributed by atoms with Crippen LogP contribution in [0.1, 0.15) is 54.0 Å². The summed E-state index contributed by atoms with van der Waals surface area (Å²) in [5.41, 5.74) is 5.24. The number of nitrogens with zero attached hydrogens (tertiary/aromatic N) is 2. The summed E-state index contributed by atoms with van der Waals surface area (Å²) in [6, 6.07) is 17.2. The molecule has 2 amide bonds. The molecule has 0 radical (unpaired) electrons. The summed E-state index contributed by atoms with van der Waals surface area (Å²) < 4.78 is 0. The lowest BCUT2D eigenvalue weighted by Crippen LogP contribution is -2.40. The lowest BCUT2D eigenvalue weighted by atomic mass is 9.88. The number of carbonyl (C=O) groups excluding carboxylic acids is 1. The third kappa shape index (κ3) is 4.39. The Morgan fingerprint density at radius 3 is 2.57 bits per heavy atom. The van der Waals surface area contributed by atoms with E-state index in [1.165, 1.54) is 48.2 Å². The maximum absolute atomic E-state index is 12.9. The molecule has 1 N–H and O–H groups in total. The predicted molar refractivity (Wildman–Crippen MR) is 113 cm³/mol. The van der Waals surface area contributed by atoms with Gasteiger partial charge in [-0.15, -0.1) is 0 Å². The number of urea groups is 1. The monoisotopic (exact) mass is 377 g/mol. The molecule has 0 saturated carbocycles. The number of carbonyl (C=O) groups is 1. The molecular weight excluding hydrogens is 346 g/mol. The van der Waals surface area contributed by atoms with Crippen LogP contribution in [0, 0.1) is 0 Å². The molecule has 2 aliphatic rings. The van der Waals surface area contributed by atoms with Crippen molar-refractivity contribution in [1.82, 2.24) is 15.1 Å². The Labute approximate surface area is 168 Å². The molecule has 1 aliphatic carbocycles. The smallest absolute Gasteiger partial charge is 0.317 e. The Bertz CT molecular complexity index is 813. The fourth-order valence-corrected chi connectivity index (χ4v) is 4.54. The zero-order chi connectivity index (χ0) is 19.3. The molecule has 1 saturated heterocycles. The van der Waals surface area contributed by atoms with Crippen LogP contribution >= 0.6 is 0 Å². The van der Waals surface area contributed by atoms with Gasteiger partial charge >= 0.3 is 6.03 Å². The van der Waals surface area contributed by atoms with E-state index in [2.05, 4.69) is 58.7 Å². The van der Waals surface area contributed by atoms with Crippen LogP contribution in [-0.2, 0) is 19.5 Å². The van der Waals surface area contributed by atoms with E-state index in [1.54, 1.807) is 0 Å². The molecule has 4 rings (SSSR count). The average molecular weight is 378 g/mol. The van der Waals surface area contributed by atoms with Crippen LogP contribution < -0.4 is 5.32 Å². The molecule has 0 spiro atoms. The first-order valence-electron chi connectivity index (χ1n) is 10.6. The normalized spacial score (nSPS) is 19.2. The van der Waals surface area contributed by atoms with Crippen molar-refractivity contribution < 1.29 is 4.79 Å². The molecule has 4 heteroatoms. The Balaban J connectivity index is 1.40. The largest absolute Gasteiger partial charge is 0.331 e. The van der Waals surface area contributed by atoms with E-state index in [4.69, 9.17) is 0 Å². The first-order valence-corrected chi connectivity index (χ1v) is 10.6. The number of amides is 2. The molecule has 148 valence electrons. The number of nitrogens with one attached hydrogen (secondary N) is 1. The summed E-state index contributed by atoms with van der Waals surface area (Å²) in [6.45, 7) is 4.00. The van der Waals surface area contributed by atoms with Gasteiger partial charge in [-0.2, -0.15) is 0 Å². The average Bonchev–Trinajstić information content (AvgIpc) is 3.23. The Hall–Kier alpha value is -2.33. The van der Waals surface area contributed by atoms with Crippen LogP contribution in [0.4, 0.5) is 4.79 Å². The summed E-state index contributed by atoms with van der Waals surface area (Å²) >= 11 is 0. The van der Waals surface area contributed by atoms with Crippen LogP contribution in [0.2, 0.25) is 0 Å². The number of aryl methyl sites for hydroxylation is 1. The van der Waals surface area contributed by atoms with Crippen LogP contribution in [0.15, 0.2) is 48.5 Å². The van der Waals surface area contributed by atoms with Crippen molar-refractivity contribution in [3.63, 3.8) is 0 Å². The fourth-order valence-electron chi connectivity index (χ4n) is 4.54. The minimum atomic E-state index is 0.0117. The zero-order valence-corrected chi connectivity index (χ0v) is 16.9. The molecule has 0 aromatic heterocycles. The van der Waals surface area contributed by atoms with Crippen molar-refractivity contribution in [2.75, 3.05) is 20.1 Å². The van der Waals surface area contributed by atoms with Gasteiger partial charge in [0.05, 0.1) is 6.04 Å². The van der Waals surface area contributed by atoms with Crippen molar-refractivity contribution in [2.45, 2.75) is 51.2 Å². The number of benzene rings is 2. The number of fused-ring (bicyclic) bond motifs is 1. The summed E-state index contributed by atoms with van der Waals surface area (Å²) in [5, 5.41) is 3.26. The third-order valence-electron chi connectivity index (χ3n) is 6.13. The number of likely N-dealkylation sites (tertiary alicyclic amines) is 1. The molecule has 0 unspecified atom stereocenters. The van der Waals surface area contributed by atoms with E-state index in [0.29, 0.717) is 6.54 Å². The van der Waals surface area contributed by atoms with E-state index in [0.717, 1.165) is 25.8 Å². The molecule has 1 heterocycles. The highest BCUT2D eigenvalue weighted by Crippen LogP contribution is 2.29. The SMILES string of the molecule is CN(Cc1ccccc1CN1CCCC1)C(=O)N[C@H]1CCCc2ccccc21. The number of rotatable bonds is 5. The van der Waals surface area contributed by atoms with Gasteiger partial charge in [-0.25, -0.2) is 4.79 Å². The second kappa shape index (κ2) is 8.78. The summed E-state index contributed by atoms with van der Waals surface area (Å²) in [6.07, 6.45) is 5.86. The van der Waals surface area contributed by atoms with Gasteiger partial charge in [0.1, 0.15) is 0 Å². The van der Waals surface area contributed by atoms with Gasteiger partial charge in [0, 0.05) is 20.1 Å². The van der Waals surface area contributed by atoms with Gasteiger partial charge in [-0.1, -0.05) is 48.5 Å². The quantitative estimate of drug-likeness (QED) is 0.833. The van der Waals surface area contributed by atoms with Gasteiger partial charge in [0.2, 0.25) is 0 Å². The topological polar surface area (TPSA) is 35.6 Å². The van der Waals surface area contributed by atoms with Gasteiger partial charge in [-0.3, -0.25) is 4.90 Å². The molecule has 28 heavy (non-hydrogen) atoms. The minimum Gasteiger partial charge on any atom is -0.331 e. The predicted octanol–water partition coefficient (Wildman–Crippen LogP) is 4.50. The van der Waals surface area contributed by atoms with Crippen LogP contribution in [0.3, 0.4) is 0 Å². The molecule has 2 aromatic rings. The molecule has 2 aromatic carbocycles. The lowest BCUT2D eigenvalue weighted by Gasteiger charge is -2.29. The number of hydrogen-bond acceptors (Lipinski definition) is 2. The highest BCUT2D eigenvalue weighted by atomic mass is 16.2. The van der Waals surface area contributed by atoms with Crippen molar-refractivity contribution in [3.8, 4) is 0 Å². The van der Waals surface area contributed by atoms with Crippen LogP contribution in [0.25, 0.3) is 0 Å². The standard InChI is InChI=1S/C24H31N3O/c1-26(17-20-10-2-3-11-21(20)18-27-15-6-7-16-27)24(28)25-23-14-8-12-19-9-4-5-13-22(19)23/h2-5,9-11,13,23H,6-8,12,14-18H2,1H3,(H,25,28)/t23-/m0/s1. The summed E-state index contributed by atoms with van der Waals surface area (Å²) in [7, 11) is 1.90. The second-order valence-electron chi connectivity index (χ2n) is 8.20. The van der Waals surface area contributed by atoms with Gasteiger partial charge < -0.3 is 10.2 Å². The van der Waals surface area contributed by atoms with E-state index >= 15 is 0 Å². The summed E-state index contributed by atoms with van der Waals surface area (Å²) in [5.74, 6) is 0. The molecular formula is C24H31N3O. The third-order valence-corrected chi connectivity index (χ3v) is 6.13. The first kappa shape index (κ1) is 19.0. The molecule has 0 bridgehead atoms. The van der Waals surface area contributed by atoms with E-state index in [-0.39, 0.29) is 12.1 Å². The highest BCUT2D eigenvalue weighted by molar-refractivity contribution is 5.74. The van der Waals surface area contributed by atoms with Crippen LogP contribution in [0.5, 0.6) is 0 Å². The zero-order valence-electron chi connectivity index (χ0n) is 16.9. The van der Waals surface area contributed by atoms with E-state index in [1.807, 2.05) is 11.9 Å². The van der Waals surface area contributed by atoms with Gasteiger partial charge in [-0.05, 0) is 67.4 Å². The highest BCUT2D eigenvalue weighted by Gasteiger charge is 2.23. The van der Waals surface area contributed by atoms with E-state index < -0.39 is 0 Å². The lowest BCUT2D eigenvalue weighted by molar-refractivity contribution is 0.201. The second-order valence-corrected chi connectivity index (χ2v) is 8.20. The first-order chi connectivity index (χ1) is 13.7. The maximum atomic E-state index is 12.9. The van der Waals surface area contributed by atoms with Crippen LogP contribution in [-0.4, -0.2) is 36.0 Å².